The SMILES string of the molecule is Cc1cn[nH]c1[C@H]1CCN(C(=O)CCOc2ccccc2)C1. The van der Waals surface area contributed by atoms with Gasteiger partial charge in [-0.3, -0.25) is 9.89 Å². The molecule has 0 radical (unpaired) electrons. The van der Waals surface area contributed by atoms with Crippen LogP contribution < -0.4 is 4.74 Å². The molecule has 1 aliphatic heterocycles. The summed E-state index contributed by atoms with van der Waals surface area (Å²) < 4.78 is 5.59. The predicted octanol–water partition coefficient (Wildman–Crippen LogP) is 2.50. The van der Waals surface area contributed by atoms with E-state index in [0.717, 1.165) is 31.0 Å². The van der Waals surface area contributed by atoms with Crippen molar-refractivity contribution < 1.29 is 9.53 Å². The van der Waals surface area contributed by atoms with Crippen molar-refractivity contribution in [3.8, 4) is 5.75 Å². The lowest BCUT2D eigenvalue weighted by Crippen LogP contribution is -2.29. The summed E-state index contributed by atoms with van der Waals surface area (Å²) >= 11 is 0. The van der Waals surface area contributed by atoms with Crippen LogP contribution in [-0.2, 0) is 4.79 Å². The number of carbonyl (C=O) groups is 1. The smallest absolute Gasteiger partial charge is 0.226 e. The zero-order valence-electron chi connectivity index (χ0n) is 12.8. The Morgan fingerprint density at radius 2 is 2.23 bits per heavy atom. The third-order valence-electron chi connectivity index (χ3n) is 4.15. The lowest BCUT2D eigenvalue weighted by molar-refractivity contribution is -0.130. The Morgan fingerprint density at radius 3 is 2.95 bits per heavy atom. The van der Waals surface area contributed by atoms with Crippen molar-refractivity contribution >= 4 is 5.91 Å². The number of likely N-dealkylation sites (tertiary alicyclic amines) is 1. The second-order valence-corrected chi connectivity index (χ2v) is 5.70. The van der Waals surface area contributed by atoms with Gasteiger partial charge < -0.3 is 9.64 Å². The molecule has 1 aromatic carbocycles. The molecular weight excluding hydrogens is 278 g/mol. The first-order valence-corrected chi connectivity index (χ1v) is 7.69. The number of nitrogens with zero attached hydrogens (tertiary/aromatic N) is 2. The van der Waals surface area contributed by atoms with E-state index in [1.165, 1.54) is 5.56 Å². The van der Waals surface area contributed by atoms with Crippen molar-refractivity contribution in [2.75, 3.05) is 19.7 Å². The van der Waals surface area contributed by atoms with Crippen molar-refractivity contribution in [1.29, 1.82) is 0 Å². The van der Waals surface area contributed by atoms with Crippen LogP contribution in [0.4, 0.5) is 0 Å². The average molecular weight is 299 g/mol. The van der Waals surface area contributed by atoms with Gasteiger partial charge in [-0.1, -0.05) is 18.2 Å². The van der Waals surface area contributed by atoms with E-state index in [1.54, 1.807) is 0 Å². The van der Waals surface area contributed by atoms with Gasteiger partial charge in [-0.15, -0.1) is 0 Å². The zero-order valence-corrected chi connectivity index (χ0v) is 12.8. The summed E-state index contributed by atoms with van der Waals surface area (Å²) in [6.45, 7) is 4.06. The van der Waals surface area contributed by atoms with Gasteiger partial charge in [0, 0.05) is 24.7 Å². The Balaban J connectivity index is 1.46. The molecule has 1 amide bonds. The van der Waals surface area contributed by atoms with Gasteiger partial charge in [-0.05, 0) is 31.0 Å². The molecule has 1 aliphatic rings. The molecule has 5 nitrogen and oxygen atoms in total. The number of nitrogens with one attached hydrogen (secondary N) is 1. The summed E-state index contributed by atoms with van der Waals surface area (Å²) in [6.07, 6.45) is 3.26. The molecule has 1 fully saturated rings. The van der Waals surface area contributed by atoms with Gasteiger partial charge in [-0.2, -0.15) is 5.10 Å². The number of aryl methyl sites for hydroxylation is 1. The molecule has 0 bridgehead atoms. The standard InChI is InChI=1S/C17H21N3O2/c1-13-11-18-19-17(13)14-7-9-20(12-14)16(21)8-10-22-15-5-3-2-4-6-15/h2-6,11,14H,7-10,12H2,1H3,(H,18,19)/t14-/m0/s1. The number of H-pyrrole nitrogens is 1. The van der Waals surface area contributed by atoms with Crippen LogP contribution >= 0.6 is 0 Å². The monoisotopic (exact) mass is 299 g/mol. The first-order valence-electron chi connectivity index (χ1n) is 7.69. The number of carbonyl (C=O) groups excluding carboxylic acids is 1. The number of hydrogen-bond acceptors (Lipinski definition) is 3. The minimum absolute atomic E-state index is 0.163. The Labute approximate surface area is 130 Å². The first kappa shape index (κ1) is 14.6. The second kappa shape index (κ2) is 6.64. The third kappa shape index (κ3) is 3.30. The van der Waals surface area contributed by atoms with Crippen LogP contribution in [0.2, 0.25) is 0 Å². The van der Waals surface area contributed by atoms with Crippen LogP contribution in [0.3, 0.4) is 0 Å². The minimum atomic E-state index is 0.163. The van der Waals surface area contributed by atoms with Crippen LogP contribution in [0.1, 0.15) is 30.0 Å². The molecule has 0 spiro atoms. The fraction of sp³-hybridized carbons (Fsp3) is 0.412. The highest BCUT2D eigenvalue weighted by molar-refractivity contribution is 5.76. The first-order chi connectivity index (χ1) is 10.7. The number of aromatic amines is 1. The summed E-state index contributed by atoms with van der Waals surface area (Å²) in [5.41, 5.74) is 2.34. The molecule has 1 saturated heterocycles. The van der Waals surface area contributed by atoms with Crippen LogP contribution in [0, 0.1) is 6.92 Å². The van der Waals surface area contributed by atoms with Gasteiger partial charge >= 0.3 is 0 Å². The van der Waals surface area contributed by atoms with Gasteiger partial charge in [0.15, 0.2) is 0 Å². The normalized spacial score (nSPS) is 17.7. The second-order valence-electron chi connectivity index (χ2n) is 5.70. The van der Waals surface area contributed by atoms with Crippen molar-refractivity contribution in [3.05, 3.63) is 47.8 Å². The van der Waals surface area contributed by atoms with E-state index < -0.39 is 0 Å². The lowest BCUT2D eigenvalue weighted by Gasteiger charge is -2.16. The highest BCUT2D eigenvalue weighted by atomic mass is 16.5. The minimum Gasteiger partial charge on any atom is -0.493 e. The third-order valence-corrected chi connectivity index (χ3v) is 4.15. The molecule has 3 rings (SSSR count). The van der Waals surface area contributed by atoms with E-state index in [2.05, 4.69) is 17.1 Å². The molecule has 2 heterocycles. The highest BCUT2D eigenvalue weighted by Crippen LogP contribution is 2.27. The van der Waals surface area contributed by atoms with E-state index in [4.69, 9.17) is 4.74 Å². The van der Waals surface area contributed by atoms with Crippen molar-refractivity contribution in [2.45, 2.75) is 25.7 Å². The largest absolute Gasteiger partial charge is 0.493 e. The summed E-state index contributed by atoms with van der Waals surface area (Å²) in [6, 6.07) is 9.60. The van der Waals surface area contributed by atoms with E-state index in [9.17, 15) is 4.79 Å². The summed E-state index contributed by atoms with van der Waals surface area (Å²) in [5, 5.41) is 7.13. The molecule has 5 heteroatoms. The Morgan fingerprint density at radius 1 is 1.41 bits per heavy atom. The summed E-state index contributed by atoms with van der Waals surface area (Å²) in [5.74, 6) is 1.35. The molecule has 116 valence electrons. The maximum atomic E-state index is 12.3. The highest BCUT2D eigenvalue weighted by Gasteiger charge is 2.28. The Hall–Kier alpha value is -2.30. The Bertz CT molecular complexity index is 624. The number of para-hydroxylation sites is 1. The zero-order chi connectivity index (χ0) is 15.4. The number of hydrogen-bond donors (Lipinski definition) is 1. The van der Waals surface area contributed by atoms with Crippen molar-refractivity contribution in [2.24, 2.45) is 0 Å². The molecular formula is C17H21N3O2. The number of aromatic nitrogens is 2. The fourth-order valence-electron chi connectivity index (χ4n) is 2.92. The number of ether oxygens (including phenoxy) is 1. The molecule has 1 N–H and O–H groups in total. The topological polar surface area (TPSA) is 58.2 Å². The van der Waals surface area contributed by atoms with Crippen molar-refractivity contribution in [3.63, 3.8) is 0 Å². The van der Waals surface area contributed by atoms with Gasteiger partial charge in [0.25, 0.3) is 0 Å². The number of benzene rings is 1. The average Bonchev–Trinajstić information content (AvgIpc) is 3.17. The van der Waals surface area contributed by atoms with Crippen molar-refractivity contribution in [1.82, 2.24) is 15.1 Å². The molecule has 1 aromatic heterocycles. The molecule has 22 heavy (non-hydrogen) atoms. The van der Waals surface area contributed by atoms with E-state index in [0.29, 0.717) is 18.9 Å². The van der Waals surface area contributed by atoms with Gasteiger partial charge in [0.2, 0.25) is 5.91 Å². The van der Waals surface area contributed by atoms with Crippen LogP contribution in [0.25, 0.3) is 0 Å². The molecule has 1 atom stereocenters. The maximum Gasteiger partial charge on any atom is 0.226 e. The number of amides is 1. The van der Waals surface area contributed by atoms with Crippen LogP contribution in [0.5, 0.6) is 5.75 Å². The summed E-state index contributed by atoms with van der Waals surface area (Å²) in [7, 11) is 0. The lowest BCUT2D eigenvalue weighted by atomic mass is 10.0. The molecule has 0 saturated carbocycles. The molecule has 2 aromatic rings. The van der Waals surface area contributed by atoms with E-state index in [-0.39, 0.29) is 5.91 Å². The maximum absolute atomic E-state index is 12.3. The van der Waals surface area contributed by atoms with Gasteiger partial charge in [0.05, 0.1) is 19.2 Å². The Kier molecular flexibility index (Phi) is 4.42. The quantitative estimate of drug-likeness (QED) is 0.923. The molecule has 0 aliphatic carbocycles. The van der Waals surface area contributed by atoms with Crippen LogP contribution in [0.15, 0.2) is 36.5 Å². The van der Waals surface area contributed by atoms with Gasteiger partial charge in [-0.25, -0.2) is 0 Å². The molecule has 0 unspecified atom stereocenters. The number of rotatable bonds is 5. The predicted molar refractivity (Wildman–Crippen MR) is 83.8 cm³/mol. The summed E-state index contributed by atoms with van der Waals surface area (Å²) in [4.78, 5) is 14.2. The van der Waals surface area contributed by atoms with E-state index in [1.807, 2.05) is 41.4 Å². The van der Waals surface area contributed by atoms with Crippen LogP contribution in [-0.4, -0.2) is 40.7 Å². The van der Waals surface area contributed by atoms with Gasteiger partial charge in [0.1, 0.15) is 5.75 Å². The van der Waals surface area contributed by atoms with E-state index >= 15 is 0 Å². The fourth-order valence-corrected chi connectivity index (χ4v) is 2.92.